The zero-order chi connectivity index (χ0) is 21.0. The van der Waals surface area contributed by atoms with E-state index in [0.717, 1.165) is 30.4 Å². The molecule has 0 radical (unpaired) electrons. The maximum atomic E-state index is 13.1. The fraction of sp³-hybridized carbons (Fsp3) is 0.435. The largest absolute Gasteiger partial charge is 0.367 e. The molecular formula is C23H28N2O4S. The first-order valence-electron chi connectivity index (χ1n) is 10.6. The predicted molar refractivity (Wildman–Crippen MR) is 115 cm³/mol. The van der Waals surface area contributed by atoms with Gasteiger partial charge in [-0.1, -0.05) is 36.4 Å². The molecule has 0 saturated carbocycles. The van der Waals surface area contributed by atoms with E-state index in [1.165, 1.54) is 16.3 Å². The number of nitrogens with zero attached hydrogens (tertiary/aromatic N) is 2. The van der Waals surface area contributed by atoms with Crippen LogP contribution in [-0.4, -0.2) is 56.3 Å². The van der Waals surface area contributed by atoms with E-state index >= 15 is 0 Å². The summed E-state index contributed by atoms with van der Waals surface area (Å²) in [6, 6.07) is 15.2. The summed E-state index contributed by atoms with van der Waals surface area (Å²) in [5.74, 6) is -0.100. The van der Waals surface area contributed by atoms with Crippen molar-refractivity contribution >= 4 is 15.9 Å². The second-order valence-electron chi connectivity index (χ2n) is 7.90. The molecular weight excluding hydrogens is 400 g/mol. The zero-order valence-electron chi connectivity index (χ0n) is 17.1. The van der Waals surface area contributed by atoms with Crippen molar-refractivity contribution < 1.29 is 17.9 Å². The van der Waals surface area contributed by atoms with Gasteiger partial charge in [0.2, 0.25) is 15.9 Å². The minimum atomic E-state index is -3.53. The number of carbonyl (C=O) groups excluding carboxylic acids is 1. The molecule has 1 aliphatic carbocycles. The highest BCUT2D eigenvalue weighted by molar-refractivity contribution is 7.89. The number of aryl methyl sites for hydroxylation is 2. The molecule has 2 aromatic carbocycles. The van der Waals surface area contributed by atoms with Crippen LogP contribution < -0.4 is 0 Å². The molecule has 0 unspecified atom stereocenters. The highest BCUT2D eigenvalue weighted by Crippen LogP contribution is 2.26. The summed E-state index contributed by atoms with van der Waals surface area (Å²) in [6.45, 7) is 1.79. The number of amides is 1. The summed E-state index contributed by atoms with van der Waals surface area (Å²) in [5.41, 5.74) is 3.45. The van der Waals surface area contributed by atoms with Crippen LogP contribution in [-0.2, 0) is 39.0 Å². The average Bonchev–Trinajstić information content (AvgIpc) is 2.79. The highest BCUT2D eigenvalue weighted by Gasteiger charge is 2.30. The summed E-state index contributed by atoms with van der Waals surface area (Å²) >= 11 is 0. The van der Waals surface area contributed by atoms with Gasteiger partial charge in [0.25, 0.3) is 0 Å². The third-order valence-corrected chi connectivity index (χ3v) is 7.78. The Morgan fingerprint density at radius 2 is 1.60 bits per heavy atom. The van der Waals surface area contributed by atoms with E-state index in [1.807, 2.05) is 42.5 Å². The Balaban J connectivity index is 1.30. The number of rotatable bonds is 6. The van der Waals surface area contributed by atoms with Crippen molar-refractivity contribution in [2.24, 2.45) is 0 Å². The van der Waals surface area contributed by atoms with Crippen molar-refractivity contribution in [1.29, 1.82) is 0 Å². The van der Waals surface area contributed by atoms with Crippen LogP contribution in [0, 0.1) is 0 Å². The maximum absolute atomic E-state index is 13.1. The van der Waals surface area contributed by atoms with Gasteiger partial charge >= 0.3 is 0 Å². The predicted octanol–water partition coefficient (Wildman–Crippen LogP) is 2.62. The molecule has 1 heterocycles. The van der Waals surface area contributed by atoms with Gasteiger partial charge in [-0.05, 0) is 54.5 Å². The van der Waals surface area contributed by atoms with Crippen LogP contribution in [0.1, 0.15) is 29.5 Å². The van der Waals surface area contributed by atoms with Crippen molar-refractivity contribution in [3.8, 4) is 0 Å². The molecule has 30 heavy (non-hydrogen) atoms. The first-order chi connectivity index (χ1) is 14.5. The molecule has 0 atom stereocenters. The molecule has 1 amide bonds. The molecule has 4 rings (SSSR count). The number of piperazine rings is 1. The van der Waals surface area contributed by atoms with Crippen LogP contribution >= 0.6 is 0 Å². The summed E-state index contributed by atoms with van der Waals surface area (Å²) < 4.78 is 33.2. The van der Waals surface area contributed by atoms with Gasteiger partial charge in [0.05, 0.1) is 11.5 Å². The Hall–Kier alpha value is -2.22. The summed E-state index contributed by atoms with van der Waals surface area (Å²) in [4.78, 5) is 14.5. The molecule has 0 bridgehead atoms. The number of carbonyl (C=O) groups is 1. The van der Waals surface area contributed by atoms with Crippen molar-refractivity contribution in [2.75, 3.05) is 32.8 Å². The fourth-order valence-electron chi connectivity index (χ4n) is 4.12. The number of hydrogen-bond acceptors (Lipinski definition) is 4. The molecule has 6 nitrogen and oxygen atoms in total. The van der Waals surface area contributed by atoms with E-state index in [2.05, 4.69) is 0 Å². The fourth-order valence-corrected chi connectivity index (χ4v) is 5.59. The van der Waals surface area contributed by atoms with E-state index < -0.39 is 10.0 Å². The maximum Gasteiger partial charge on any atom is 0.248 e. The zero-order valence-corrected chi connectivity index (χ0v) is 17.9. The van der Waals surface area contributed by atoms with Gasteiger partial charge in [0.15, 0.2) is 0 Å². The van der Waals surface area contributed by atoms with E-state index in [-0.39, 0.29) is 12.5 Å². The van der Waals surface area contributed by atoms with Gasteiger partial charge in [-0.3, -0.25) is 4.79 Å². The lowest BCUT2D eigenvalue weighted by Crippen LogP contribution is -2.51. The van der Waals surface area contributed by atoms with Crippen molar-refractivity contribution in [1.82, 2.24) is 9.21 Å². The third kappa shape index (κ3) is 4.74. The second kappa shape index (κ2) is 9.29. The molecule has 0 spiro atoms. The van der Waals surface area contributed by atoms with E-state index in [9.17, 15) is 13.2 Å². The highest BCUT2D eigenvalue weighted by atomic mass is 32.2. The minimum absolute atomic E-state index is 0.00642. The topological polar surface area (TPSA) is 66.9 Å². The molecule has 1 saturated heterocycles. The Morgan fingerprint density at radius 1 is 0.900 bits per heavy atom. The third-order valence-electron chi connectivity index (χ3n) is 5.89. The molecule has 0 aromatic heterocycles. The van der Waals surface area contributed by atoms with Crippen molar-refractivity contribution in [3.63, 3.8) is 0 Å². The van der Waals surface area contributed by atoms with Crippen LogP contribution in [0.25, 0.3) is 0 Å². The second-order valence-corrected chi connectivity index (χ2v) is 9.84. The van der Waals surface area contributed by atoms with E-state index in [4.69, 9.17) is 4.74 Å². The quantitative estimate of drug-likeness (QED) is 0.709. The number of benzene rings is 2. The van der Waals surface area contributed by atoms with Crippen molar-refractivity contribution in [3.05, 3.63) is 65.2 Å². The lowest BCUT2D eigenvalue weighted by molar-refractivity contribution is -0.137. The Bertz CT molecular complexity index is 984. The number of fused-ring (bicyclic) bond motifs is 1. The number of hydrogen-bond donors (Lipinski definition) is 0. The lowest BCUT2D eigenvalue weighted by atomic mass is 9.92. The molecule has 160 valence electrons. The monoisotopic (exact) mass is 428 g/mol. The van der Waals surface area contributed by atoms with Crippen LogP contribution in [0.5, 0.6) is 0 Å². The minimum Gasteiger partial charge on any atom is -0.367 e. The summed E-state index contributed by atoms with van der Waals surface area (Å²) in [6.07, 6.45) is 4.26. The van der Waals surface area contributed by atoms with Gasteiger partial charge in [-0.25, -0.2) is 8.42 Å². The van der Waals surface area contributed by atoms with Crippen LogP contribution in [0.4, 0.5) is 0 Å². The molecule has 2 aromatic rings. The van der Waals surface area contributed by atoms with E-state index in [1.54, 1.807) is 11.0 Å². The average molecular weight is 429 g/mol. The van der Waals surface area contributed by atoms with Gasteiger partial charge < -0.3 is 9.64 Å². The lowest BCUT2D eigenvalue weighted by Gasteiger charge is -2.34. The molecule has 1 fully saturated rings. The summed E-state index contributed by atoms with van der Waals surface area (Å²) in [5, 5.41) is 0. The number of ether oxygens (including phenoxy) is 1. The number of sulfonamides is 1. The standard InChI is InChI=1S/C23H28N2O4S/c26-23(18-29-17-19-6-2-1-3-7-19)24-12-14-25(15-13-24)30(27,28)22-11-10-20-8-4-5-9-21(20)16-22/h1-3,6-7,10-11,16H,4-5,8-9,12-15,17-18H2. The van der Waals surface area contributed by atoms with Gasteiger partial charge in [-0.15, -0.1) is 0 Å². The van der Waals surface area contributed by atoms with Crippen LogP contribution in [0.2, 0.25) is 0 Å². The molecule has 0 N–H and O–H groups in total. The first kappa shape index (κ1) is 21.0. The smallest absolute Gasteiger partial charge is 0.248 e. The van der Waals surface area contributed by atoms with Gasteiger partial charge in [0.1, 0.15) is 6.61 Å². The van der Waals surface area contributed by atoms with Crippen LogP contribution in [0.15, 0.2) is 53.4 Å². The van der Waals surface area contributed by atoms with E-state index in [0.29, 0.717) is 37.7 Å². The normalized spacial score (nSPS) is 17.5. The molecule has 1 aliphatic heterocycles. The Morgan fingerprint density at radius 3 is 2.33 bits per heavy atom. The Labute approximate surface area is 178 Å². The molecule has 2 aliphatic rings. The summed E-state index contributed by atoms with van der Waals surface area (Å²) in [7, 11) is -3.53. The van der Waals surface area contributed by atoms with Crippen LogP contribution in [0.3, 0.4) is 0 Å². The van der Waals surface area contributed by atoms with Gasteiger partial charge in [-0.2, -0.15) is 4.31 Å². The van der Waals surface area contributed by atoms with Gasteiger partial charge in [0, 0.05) is 26.2 Å². The molecule has 7 heteroatoms. The van der Waals surface area contributed by atoms with Crippen molar-refractivity contribution in [2.45, 2.75) is 37.2 Å². The Kier molecular flexibility index (Phi) is 6.51. The SMILES string of the molecule is O=C(COCc1ccccc1)N1CCN(S(=O)(=O)c2ccc3c(c2)CCCC3)CC1. The first-order valence-corrected chi connectivity index (χ1v) is 12.0.